The number of nitrogens with zero attached hydrogens (tertiary/aromatic N) is 1. The molecule has 1 unspecified atom stereocenters. The zero-order valence-electron chi connectivity index (χ0n) is 15.1. The van der Waals surface area contributed by atoms with Gasteiger partial charge in [0.1, 0.15) is 11.4 Å². The summed E-state index contributed by atoms with van der Waals surface area (Å²) in [6, 6.07) is 8.96. The van der Waals surface area contributed by atoms with Crippen LogP contribution in [0.1, 0.15) is 38.9 Å². The summed E-state index contributed by atoms with van der Waals surface area (Å²) in [5.74, 6) is -0.927. The molecule has 4 rings (SSSR count). The second-order valence-electron chi connectivity index (χ2n) is 6.80. The molecule has 1 aromatic heterocycles. The average Bonchev–Trinajstić information content (AvgIpc) is 2.90. The minimum atomic E-state index is -0.840. The molecule has 0 radical (unpaired) electrons. The average molecular weight is 363 g/mol. The Bertz CT molecular complexity index is 1160. The van der Waals surface area contributed by atoms with E-state index in [-0.39, 0.29) is 28.9 Å². The molecule has 3 aromatic rings. The van der Waals surface area contributed by atoms with Gasteiger partial charge in [-0.2, -0.15) is 0 Å². The molecule has 0 spiro atoms. The van der Waals surface area contributed by atoms with Gasteiger partial charge in [0.2, 0.25) is 5.76 Å². The molecule has 136 valence electrons. The van der Waals surface area contributed by atoms with Crippen molar-refractivity contribution in [2.24, 2.45) is 0 Å². The third-order valence-corrected chi connectivity index (χ3v) is 4.92. The Labute approximate surface area is 155 Å². The second kappa shape index (κ2) is 6.20. The van der Waals surface area contributed by atoms with Crippen molar-refractivity contribution < 1.29 is 13.6 Å². The number of carbonyl (C=O) groups excluding carboxylic acids is 1. The molecule has 0 fully saturated rings. The van der Waals surface area contributed by atoms with Crippen LogP contribution in [0.2, 0.25) is 0 Å². The molecule has 0 bridgehead atoms. The number of benzene rings is 2. The minimum absolute atomic E-state index is 0.0189. The van der Waals surface area contributed by atoms with E-state index in [2.05, 4.69) is 6.58 Å². The standard InChI is InChI=1S/C22H18FNO3/c1-4-9-24-18(14-7-5-6-8-16(14)23)17-19(25)15-11-12(2)10-13(3)20(15)27-21(17)22(24)26/h4-8,10-11,18H,1,9H2,2-3H3. The molecule has 0 aliphatic carbocycles. The number of carbonyl (C=O) groups is 1. The Balaban J connectivity index is 2.09. The van der Waals surface area contributed by atoms with Crippen LogP contribution in [0.3, 0.4) is 0 Å². The van der Waals surface area contributed by atoms with Gasteiger partial charge in [-0.15, -0.1) is 6.58 Å². The lowest BCUT2D eigenvalue weighted by Gasteiger charge is -2.24. The number of fused-ring (bicyclic) bond motifs is 2. The molecule has 1 atom stereocenters. The maximum Gasteiger partial charge on any atom is 0.291 e. The van der Waals surface area contributed by atoms with Gasteiger partial charge < -0.3 is 9.32 Å². The molecule has 1 amide bonds. The molecule has 2 heterocycles. The van der Waals surface area contributed by atoms with E-state index in [1.807, 2.05) is 19.9 Å². The lowest BCUT2D eigenvalue weighted by molar-refractivity contribution is 0.0746. The predicted octanol–water partition coefficient (Wildman–Crippen LogP) is 4.28. The van der Waals surface area contributed by atoms with E-state index in [0.29, 0.717) is 11.0 Å². The SMILES string of the molecule is C=CCN1C(=O)c2oc3c(C)cc(C)cc3c(=O)c2C1c1ccccc1F. The number of aryl methyl sites for hydroxylation is 2. The van der Waals surface area contributed by atoms with Gasteiger partial charge in [0.15, 0.2) is 5.43 Å². The quantitative estimate of drug-likeness (QED) is 0.653. The molecule has 4 nitrogen and oxygen atoms in total. The van der Waals surface area contributed by atoms with Crippen molar-refractivity contribution in [3.05, 3.63) is 93.1 Å². The van der Waals surface area contributed by atoms with Gasteiger partial charge in [0, 0.05) is 12.1 Å². The van der Waals surface area contributed by atoms with Crippen LogP contribution >= 0.6 is 0 Å². The zero-order chi connectivity index (χ0) is 19.3. The maximum absolute atomic E-state index is 14.6. The fourth-order valence-electron chi connectivity index (χ4n) is 3.82. The summed E-state index contributed by atoms with van der Waals surface area (Å²) < 4.78 is 20.5. The fourth-order valence-corrected chi connectivity index (χ4v) is 3.82. The van der Waals surface area contributed by atoms with Gasteiger partial charge in [-0.3, -0.25) is 9.59 Å². The lowest BCUT2D eigenvalue weighted by Crippen LogP contribution is -2.30. The minimum Gasteiger partial charge on any atom is -0.450 e. The van der Waals surface area contributed by atoms with E-state index in [4.69, 9.17) is 4.42 Å². The van der Waals surface area contributed by atoms with Gasteiger partial charge in [0.05, 0.1) is 17.0 Å². The van der Waals surface area contributed by atoms with Crippen LogP contribution in [0.25, 0.3) is 11.0 Å². The van der Waals surface area contributed by atoms with Crippen LogP contribution in [-0.2, 0) is 0 Å². The highest BCUT2D eigenvalue weighted by atomic mass is 19.1. The maximum atomic E-state index is 14.6. The fraction of sp³-hybridized carbons (Fsp3) is 0.182. The van der Waals surface area contributed by atoms with E-state index in [1.54, 1.807) is 30.3 Å². The molecule has 2 aromatic carbocycles. The molecule has 5 heteroatoms. The summed E-state index contributed by atoms with van der Waals surface area (Å²) in [5.41, 5.74) is 2.24. The van der Waals surface area contributed by atoms with E-state index in [1.165, 1.54) is 11.0 Å². The number of rotatable bonds is 3. The largest absolute Gasteiger partial charge is 0.450 e. The van der Waals surface area contributed by atoms with Crippen LogP contribution < -0.4 is 5.43 Å². The number of amides is 1. The first-order valence-corrected chi connectivity index (χ1v) is 8.68. The van der Waals surface area contributed by atoms with Crippen molar-refractivity contribution in [3.63, 3.8) is 0 Å². The highest BCUT2D eigenvalue weighted by Crippen LogP contribution is 2.39. The van der Waals surface area contributed by atoms with Crippen LogP contribution in [0.5, 0.6) is 0 Å². The summed E-state index contributed by atoms with van der Waals surface area (Å²) in [7, 11) is 0. The monoisotopic (exact) mass is 363 g/mol. The third-order valence-electron chi connectivity index (χ3n) is 4.92. The van der Waals surface area contributed by atoms with Gasteiger partial charge in [-0.25, -0.2) is 4.39 Å². The third kappa shape index (κ3) is 2.50. The van der Waals surface area contributed by atoms with E-state index in [0.717, 1.165) is 11.1 Å². The van der Waals surface area contributed by atoms with Crippen molar-refractivity contribution in [1.29, 1.82) is 0 Å². The van der Waals surface area contributed by atoms with Crippen molar-refractivity contribution in [3.8, 4) is 0 Å². The molecule has 0 N–H and O–H groups in total. The molecule has 27 heavy (non-hydrogen) atoms. The lowest BCUT2D eigenvalue weighted by atomic mass is 9.97. The Hall–Kier alpha value is -3.21. The normalized spacial score (nSPS) is 16.0. The van der Waals surface area contributed by atoms with Crippen LogP contribution in [0, 0.1) is 19.7 Å². The highest BCUT2D eigenvalue weighted by molar-refractivity contribution is 5.99. The molecular weight excluding hydrogens is 345 g/mol. The van der Waals surface area contributed by atoms with E-state index < -0.39 is 17.8 Å². The first-order chi connectivity index (χ1) is 12.9. The summed E-state index contributed by atoms with van der Waals surface area (Å²) in [6.45, 7) is 7.58. The molecule has 0 saturated heterocycles. The first-order valence-electron chi connectivity index (χ1n) is 8.68. The summed E-state index contributed by atoms with van der Waals surface area (Å²) in [4.78, 5) is 27.7. The summed E-state index contributed by atoms with van der Waals surface area (Å²) in [6.07, 6.45) is 1.55. The molecular formula is C22H18FNO3. The first kappa shape index (κ1) is 17.2. The smallest absolute Gasteiger partial charge is 0.291 e. The molecule has 1 aliphatic heterocycles. The van der Waals surface area contributed by atoms with Gasteiger partial charge in [-0.1, -0.05) is 30.3 Å². The van der Waals surface area contributed by atoms with Crippen LogP contribution in [0.15, 0.2) is 58.3 Å². The number of hydrogen-bond donors (Lipinski definition) is 0. The van der Waals surface area contributed by atoms with E-state index in [9.17, 15) is 14.0 Å². The summed E-state index contributed by atoms with van der Waals surface area (Å²) >= 11 is 0. The summed E-state index contributed by atoms with van der Waals surface area (Å²) in [5, 5.41) is 0.404. The molecule has 0 saturated carbocycles. The van der Waals surface area contributed by atoms with Crippen molar-refractivity contribution in [2.45, 2.75) is 19.9 Å². The highest BCUT2D eigenvalue weighted by Gasteiger charge is 2.43. The number of hydrogen-bond acceptors (Lipinski definition) is 3. The Morgan fingerprint density at radius 2 is 1.96 bits per heavy atom. The topological polar surface area (TPSA) is 50.5 Å². The van der Waals surface area contributed by atoms with Crippen molar-refractivity contribution >= 4 is 16.9 Å². The van der Waals surface area contributed by atoms with E-state index >= 15 is 0 Å². The second-order valence-corrected chi connectivity index (χ2v) is 6.80. The molecule has 1 aliphatic rings. The van der Waals surface area contributed by atoms with Crippen LogP contribution in [0.4, 0.5) is 4.39 Å². The Morgan fingerprint density at radius 1 is 1.22 bits per heavy atom. The number of halogens is 1. The van der Waals surface area contributed by atoms with Gasteiger partial charge in [0.25, 0.3) is 5.91 Å². The Kier molecular flexibility index (Phi) is 3.95. The van der Waals surface area contributed by atoms with Crippen molar-refractivity contribution in [1.82, 2.24) is 4.90 Å². The predicted molar refractivity (Wildman–Crippen MR) is 101 cm³/mol. The van der Waals surface area contributed by atoms with Crippen molar-refractivity contribution in [2.75, 3.05) is 6.54 Å². The van der Waals surface area contributed by atoms with Gasteiger partial charge >= 0.3 is 0 Å². The van der Waals surface area contributed by atoms with Gasteiger partial charge in [-0.05, 0) is 37.1 Å². The zero-order valence-corrected chi connectivity index (χ0v) is 15.1. The van der Waals surface area contributed by atoms with Crippen LogP contribution in [-0.4, -0.2) is 17.4 Å². The Morgan fingerprint density at radius 3 is 2.67 bits per heavy atom.